The van der Waals surface area contributed by atoms with Crippen molar-refractivity contribution in [1.29, 1.82) is 0 Å². The molecule has 0 spiro atoms. The van der Waals surface area contributed by atoms with Crippen LogP contribution in [0.25, 0.3) is 0 Å². The van der Waals surface area contributed by atoms with Gasteiger partial charge in [-0.25, -0.2) is 0 Å². The van der Waals surface area contributed by atoms with Gasteiger partial charge >= 0.3 is 0 Å². The van der Waals surface area contributed by atoms with Crippen LogP contribution in [-0.4, -0.2) is 41.1 Å². The van der Waals surface area contributed by atoms with Crippen molar-refractivity contribution in [3.8, 4) is 0 Å². The van der Waals surface area contributed by atoms with Gasteiger partial charge in [0.15, 0.2) is 0 Å². The van der Waals surface area contributed by atoms with E-state index in [0.29, 0.717) is 5.95 Å². The monoisotopic (exact) mass is 452 g/mol. The van der Waals surface area contributed by atoms with E-state index in [9.17, 15) is 0 Å². The minimum Gasteiger partial charge on any atom is -0.341 e. The third kappa shape index (κ3) is 5.23. The number of aromatic nitrogens is 3. The summed E-state index contributed by atoms with van der Waals surface area (Å²) in [5.41, 5.74) is 0.980. The van der Waals surface area contributed by atoms with E-state index in [-0.39, 0.29) is 12.4 Å². The third-order valence-electron chi connectivity index (χ3n) is 4.99. The molecule has 3 heterocycles. The number of piperidine rings is 2. The second kappa shape index (κ2) is 9.55. The quantitative estimate of drug-likeness (QED) is 0.719. The van der Waals surface area contributed by atoms with E-state index in [4.69, 9.17) is 15.0 Å². The van der Waals surface area contributed by atoms with Crippen LogP contribution < -0.4 is 15.1 Å². The van der Waals surface area contributed by atoms with Crippen LogP contribution in [0.2, 0.25) is 0 Å². The number of benzene rings is 1. The van der Waals surface area contributed by atoms with Gasteiger partial charge in [-0.2, -0.15) is 15.0 Å². The Balaban J connectivity index is 0.00000210. The lowest BCUT2D eigenvalue weighted by Crippen LogP contribution is -2.34. The molecule has 2 aliphatic rings. The van der Waals surface area contributed by atoms with Gasteiger partial charge in [-0.3, -0.25) is 0 Å². The van der Waals surface area contributed by atoms with Crippen molar-refractivity contribution in [2.45, 2.75) is 38.5 Å². The van der Waals surface area contributed by atoms with Crippen LogP contribution in [0.3, 0.4) is 0 Å². The average Bonchev–Trinajstić information content (AvgIpc) is 2.71. The summed E-state index contributed by atoms with van der Waals surface area (Å²) < 4.78 is 1.06. The fraction of sp³-hybridized carbons (Fsp3) is 0.526. The van der Waals surface area contributed by atoms with Crippen LogP contribution in [0.4, 0.5) is 23.5 Å². The predicted molar refractivity (Wildman–Crippen MR) is 117 cm³/mol. The van der Waals surface area contributed by atoms with Crippen LogP contribution in [-0.2, 0) is 0 Å². The molecule has 2 saturated heterocycles. The molecule has 2 aromatic rings. The van der Waals surface area contributed by atoms with Gasteiger partial charge in [-0.05, 0) is 62.8 Å². The Morgan fingerprint density at radius 1 is 0.704 bits per heavy atom. The van der Waals surface area contributed by atoms with Crippen LogP contribution in [0.15, 0.2) is 28.7 Å². The summed E-state index contributed by atoms with van der Waals surface area (Å²) in [4.78, 5) is 18.9. The van der Waals surface area contributed by atoms with E-state index < -0.39 is 0 Å². The molecule has 8 heteroatoms. The fourth-order valence-electron chi connectivity index (χ4n) is 3.54. The molecule has 0 saturated carbocycles. The lowest BCUT2D eigenvalue weighted by molar-refractivity contribution is 0.556. The Labute approximate surface area is 175 Å². The number of hydrogen-bond donors (Lipinski definition) is 1. The second-order valence-corrected chi connectivity index (χ2v) is 7.90. The highest BCUT2D eigenvalue weighted by Gasteiger charge is 2.20. The van der Waals surface area contributed by atoms with Gasteiger partial charge in [0.1, 0.15) is 0 Å². The summed E-state index contributed by atoms with van der Waals surface area (Å²) in [7, 11) is 0. The molecule has 2 aliphatic heterocycles. The third-order valence-corrected chi connectivity index (χ3v) is 5.52. The van der Waals surface area contributed by atoms with Crippen LogP contribution in [0, 0.1) is 0 Å². The maximum Gasteiger partial charge on any atom is 0.233 e. The van der Waals surface area contributed by atoms with Crippen molar-refractivity contribution in [3.63, 3.8) is 0 Å². The maximum atomic E-state index is 4.82. The number of nitrogens with one attached hydrogen (secondary N) is 1. The molecule has 146 valence electrons. The summed E-state index contributed by atoms with van der Waals surface area (Å²) >= 11 is 3.48. The molecule has 0 unspecified atom stereocenters. The van der Waals surface area contributed by atoms with Crippen molar-refractivity contribution in [2.24, 2.45) is 0 Å². The molecular weight excluding hydrogens is 428 g/mol. The summed E-state index contributed by atoms with van der Waals surface area (Å²) in [5.74, 6) is 2.24. The first-order chi connectivity index (χ1) is 12.8. The molecule has 1 aromatic heterocycles. The van der Waals surface area contributed by atoms with E-state index in [2.05, 4.69) is 31.0 Å². The first-order valence-electron chi connectivity index (χ1n) is 9.56. The zero-order valence-electron chi connectivity index (χ0n) is 15.4. The average molecular weight is 454 g/mol. The number of hydrogen-bond acceptors (Lipinski definition) is 6. The highest BCUT2D eigenvalue weighted by atomic mass is 79.9. The molecule has 1 N–H and O–H groups in total. The molecule has 0 bridgehead atoms. The topological polar surface area (TPSA) is 57.2 Å². The van der Waals surface area contributed by atoms with Crippen LogP contribution >= 0.6 is 28.3 Å². The lowest BCUT2D eigenvalue weighted by Gasteiger charge is -2.30. The highest BCUT2D eigenvalue weighted by molar-refractivity contribution is 9.10. The van der Waals surface area contributed by atoms with Crippen molar-refractivity contribution < 1.29 is 0 Å². The highest BCUT2D eigenvalue weighted by Crippen LogP contribution is 2.24. The summed E-state index contributed by atoms with van der Waals surface area (Å²) in [6.07, 6.45) is 7.43. The molecule has 1 aromatic carbocycles. The summed E-state index contributed by atoms with van der Waals surface area (Å²) in [6.45, 7) is 4.12. The van der Waals surface area contributed by atoms with E-state index in [1.807, 2.05) is 24.3 Å². The largest absolute Gasteiger partial charge is 0.341 e. The Bertz CT molecular complexity index is 693. The van der Waals surface area contributed by atoms with Gasteiger partial charge in [0.05, 0.1) is 0 Å². The van der Waals surface area contributed by atoms with Gasteiger partial charge in [-0.15, -0.1) is 12.4 Å². The predicted octanol–water partition coefficient (Wildman–Crippen LogP) is 4.78. The first kappa shape index (κ1) is 20.1. The number of anilines is 4. The standard InChI is InChI=1S/C19H25BrN6.ClH/c20-15-7-9-16(10-8-15)21-17-22-18(25-11-3-1-4-12-25)24-19(23-17)26-13-5-2-6-14-26;/h7-10H,1-6,11-14H2,(H,21,22,23,24);1H. The molecule has 0 aliphatic carbocycles. The number of halogens is 2. The Kier molecular flexibility index (Phi) is 7.13. The minimum atomic E-state index is 0. The molecule has 2 fully saturated rings. The van der Waals surface area contributed by atoms with E-state index in [1.54, 1.807) is 0 Å². The smallest absolute Gasteiger partial charge is 0.233 e. The van der Waals surface area contributed by atoms with Gasteiger partial charge in [-0.1, -0.05) is 15.9 Å². The Morgan fingerprint density at radius 3 is 1.67 bits per heavy atom. The normalized spacial score (nSPS) is 17.4. The zero-order valence-corrected chi connectivity index (χ0v) is 17.8. The van der Waals surface area contributed by atoms with Crippen LogP contribution in [0.1, 0.15) is 38.5 Å². The molecule has 6 nitrogen and oxygen atoms in total. The SMILES string of the molecule is Brc1ccc(Nc2nc(N3CCCCC3)nc(N3CCCCC3)n2)cc1.Cl. The minimum absolute atomic E-state index is 0. The second-order valence-electron chi connectivity index (χ2n) is 6.99. The van der Waals surface area contributed by atoms with Crippen molar-refractivity contribution >= 4 is 51.9 Å². The Morgan fingerprint density at radius 2 is 1.19 bits per heavy atom. The molecule has 27 heavy (non-hydrogen) atoms. The summed E-state index contributed by atoms with van der Waals surface area (Å²) in [5, 5.41) is 3.35. The van der Waals surface area contributed by atoms with Crippen molar-refractivity contribution in [2.75, 3.05) is 41.3 Å². The number of rotatable bonds is 4. The van der Waals surface area contributed by atoms with Gasteiger partial charge < -0.3 is 15.1 Å². The molecule has 0 radical (unpaired) electrons. The molecule has 0 atom stereocenters. The summed E-state index contributed by atoms with van der Waals surface area (Å²) in [6, 6.07) is 8.07. The van der Waals surface area contributed by atoms with E-state index >= 15 is 0 Å². The van der Waals surface area contributed by atoms with E-state index in [1.165, 1.54) is 38.5 Å². The molecule has 0 amide bonds. The van der Waals surface area contributed by atoms with Gasteiger partial charge in [0.25, 0.3) is 0 Å². The zero-order chi connectivity index (χ0) is 17.8. The van der Waals surface area contributed by atoms with Gasteiger partial charge in [0, 0.05) is 36.3 Å². The Hall–Kier alpha value is -1.60. The fourth-order valence-corrected chi connectivity index (χ4v) is 3.81. The van der Waals surface area contributed by atoms with E-state index in [0.717, 1.165) is 48.2 Å². The molecular formula is C19H26BrClN6. The lowest BCUT2D eigenvalue weighted by atomic mass is 10.1. The molecule has 4 rings (SSSR count). The van der Waals surface area contributed by atoms with Gasteiger partial charge in [0.2, 0.25) is 17.8 Å². The van der Waals surface area contributed by atoms with Crippen molar-refractivity contribution in [1.82, 2.24) is 15.0 Å². The van der Waals surface area contributed by atoms with Crippen LogP contribution in [0.5, 0.6) is 0 Å². The van der Waals surface area contributed by atoms with Crippen molar-refractivity contribution in [3.05, 3.63) is 28.7 Å². The first-order valence-corrected chi connectivity index (χ1v) is 10.4. The number of nitrogens with zero attached hydrogens (tertiary/aromatic N) is 5. The maximum absolute atomic E-state index is 4.82.